The van der Waals surface area contributed by atoms with Crippen molar-refractivity contribution in [2.75, 3.05) is 0 Å². The van der Waals surface area contributed by atoms with Crippen molar-refractivity contribution in [2.24, 2.45) is 17.2 Å². The number of hydrogen-bond donors (Lipinski definition) is 4. The minimum absolute atomic E-state index is 0. The molecule has 0 amide bonds. The third-order valence-electron chi connectivity index (χ3n) is 0. The van der Waals surface area contributed by atoms with Crippen LogP contribution in [0.15, 0.2) is 38.3 Å². The molecule has 11 heavy (non-hydrogen) atoms. The SMILES string of the molecule is C=CN.C=CN.C=CN.Cl.N. The first-order valence-electron chi connectivity index (χ1n) is 2.22. The van der Waals surface area contributed by atoms with Gasteiger partial charge in [0.15, 0.2) is 0 Å². The van der Waals surface area contributed by atoms with Crippen molar-refractivity contribution in [3.05, 3.63) is 38.3 Å². The summed E-state index contributed by atoms with van der Waals surface area (Å²) in [5.74, 6) is 0. The molecular formula is C6H19ClN4. The third kappa shape index (κ3) is 328. The Morgan fingerprint density at radius 3 is 0.727 bits per heavy atom. The van der Waals surface area contributed by atoms with Gasteiger partial charge in [0.2, 0.25) is 0 Å². The highest BCUT2D eigenvalue weighted by molar-refractivity contribution is 5.85. The van der Waals surface area contributed by atoms with Gasteiger partial charge in [-0.3, -0.25) is 0 Å². The topological polar surface area (TPSA) is 113 Å². The Morgan fingerprint density at radius 1 is 0.727 bits per heavy atom. The molecule has 0 fully saturated rings. The van der Waals surface area contributed by atoms with Gasteiger partial charge in [-0.25, -0.2) is 0 Å². The molecule has 5 heteroatoms. The normalized spacial score (nSPS) is 3.27. The maximum atomic E-state index is 4.61. The minimum Gasteiger partial charge on any atom is -0.405 e. The van der Waals surface area contributed by atoms with Crippen LogP contribution < -0.4 is 23.4 Å². The molecule has 4 nitrogen and oxygen atoms in total. The van der Waals surface area contributed by atoms with E-state index in [2.05, 4.69) is 36.9 Å². The Bertz CT molecular complexity index is 51.3. The van der Waals surface area contributed by atoms with Crippen molar-refractivity contribution < 1.29 is 0 Å². The van der Waals surface area contributed by atoms with Crippen LogP contribution in [0, 0.1) is 0 Å². The first-order chi connectivity index (χ1) is 4.24. The third-order valence-corrected chi connectivity index (χ3v) is 0. The van der Waals surface area contributed by atoms with Gasteiger partial charge < -0.3 is 23.4 Å². The lowest BCUT2D eigenvalue weighted by Crippen LogP contribution is -1.67. The molecule has 0 saturated heterocycles. The van der Waals surface area contributed by atoms with E-state index in [1.54, 1.807) is 0 Å². The quantitative estimate of drug-likeness (QED) is 0.445. The van der Waals surface area contributed by atoms with Crippen LogP contribution >= 0.6 is 12.4 Å². The Labute approximate surface area is 74.8 Å². The summed E-state index contributed by atoms with van der Waals surface area (Å²) in [6.45, 7) is 9.42. The van der Waals surface area contributed by atoms with Crippen molar-refractivity contribution in [3.8, 4) is 0 Å². The smallest absolute Gasteiger partial charge is 0.0136 e. The van der Waals surface area contributed by atoms with Crippen LogP contribution in [0.2, 0.25) is 0 Å². The maximum absolute atomic E-state index is 4.61. The van der Waals surface area contributed by atoms with Gasteiger partial charge in [0.25, 0.3) is 0 Å². The highest BCUT2D eigenvalue weighted by Gasteiger charge is 1.09. The van der Waals surface area contributed by atoms with Crippen LogP contribution in [0.25, 0.3) is 0 Å². The predicted octanol–water partition coefficient (Wildman–Crippen LogP) is 0.850. The largest absolute Gasteiger partial charge is 0.405 e. The lowest BCUT2D eigenvalue weighted by atomic mass is 11.1. The summed E-state index contributed by atoms with van der Waals surface area (Å²) in [4.78, 5) is 0. The fourth-order valence-electron chi connectivity index (χ4n) is 0. The van der Waals surface area contributed by atoms with E-state index in [1.165, 1.54) is 18.6 Å². The Morgan fingerprint density at radius 2 is 0.727 bits per heavy atom. The van der Waals surface area contributed by atoms with E-state index in [9.17, 15) is 0 Å². The van der Waals surface area contributed by atoms with E-state index >= 15 is 0 Å². The van der Waals surface area contributed by atoms with E-state index in [0.717, 1.165) is 0 Å². The van der Waals surface area contributed by atoms with Crippen molar-refractivity contribution in [2.45, 2.75) is 0 Å². The molecule has 0 bridgehead atoms. The van der Waals surface area contributed by atoms with E-state index in [-0.39, 0.29) is 18.6 Å². The minimum atomic E-state index is 0. The molecule has 0 aromatic rings. The van der Waals surface area contributed by atoms with Crippen molar-refractivity contribution in [3.63, 3.8) is 0 Å². The van der Waals surface area contributed by atoms with Gasteiger partial charge in [0.1, 0.15) is 0 Å². The first kappa shape index (κ1) is 32.7. The fourth-order valence-corrected chi connectivity index (χ4v) is 0. The van der Waals surface area contributed by atoms with Crippen LogP contribution in [0.4, 0.5) is 0 Å². The monoisotopic (exact) mass is 182 g/mol. The van der Waals surface area contributed by atoms with Crippen LogP contribution in [0.3, 0.4) is 0 Å². The van der Waals surface area contributed by atoms with E-state index in [0.29, 0.717) is 0 Å². The van der Waals surface area contributed by atoms with E-state index in [4.69, 9.17) is 0 Å². The highest BCUT2D eigenvalue weighted by Crippen LogP contribution is 1.14. The summed E-state index contributed by atoms with van der Waals surface area (Å²) in [5, 5.41) is 0. The number of rotatable bonds is 0. The predicted molar refractivity (Wildman–Crippen MR) is 55.4 cm³/mol. The number of hydrogen-bond acceptors (Lipinski definition) is 4. The summed E-state index contributed by atoms with van der Waals surface area (Å²) in [7, 11) is 0. The molecule has 0 atom stereocenters. The molecule has 0 aliphatic carbocycles. The lowest BCUT2D eigenvalue weighted by Gasteiger charge is -1.40. The second-order valence-corrected chi connectivity index (χ2v) is 0.707. The number of nitrogens with two attached hydrogens (primary N) is 3. The van der Waals surface area contributed by atoms with E-state index < -0.39 is 0 Å². The lowest BCUT2D eigenvalue weighted by molar-refractivity contribution is 1.64. The average molecular weight is 183 g/mol. The fraction of sp³-hybridized carbons (Fsp3) is 0. The second-order valence-electron chi connectivity index (χ2n) is 0.707. The van der Waals surface area contributed by atoms with Gasteiger partial charge >= 0.3 is 0 Å². The second kappa shape index (κ2) is 157. The van der Waals surface area contributed by atoms with Crippen LogP contribution in [0.1, 0.15) is 0 Å². The Hall–Kier alpha value is -1.13. The van der Waals surface area contributed by atoms with Crippen molar-refractivity contribution >= 4 is 12.4 Å². The average Bonchev–Trinajstić information content (AvgIpc) is 1.70. The molecule has 0 aliphatic heterocycles. The molecule has 0 saturated carbocycles. The zero-order valence-corrected chi connectivity index (χ0v) is 7.52. The molecule has 0 radical (unpaired) electrons. The summed E-state index contributed by atoms with van der Waals surface area (Å²) in [6, 6.07) is 0. The molecule has 0 heterocycles. The van der Waals surface area contributed by atoms with Crippen molar-refractivity contribution in [1.29, 1.82) is 0 Å². The standard InChI is InChI=1S/3C2H5N.ClH.H3N/c3*1-2-3;;/h3*2H,1,3H2;1H;1H3. The number of halogens is 1. The first-order valence-corrected chi connectivity index (χ1v) is 2.22. The van der Waals surface area contributed by atoms with Gasteiger partial charge in [-0.2, -0.15) is 0 Å². The molecule has 0 rings (SSSR count). The zero-order chi connectivity index (χ0) is 8.12. The molecule has 0 aromatic carbocycles. The molecule has 0 unspecified atom stereocenters. The molecular weight excluding hydrogens is 164 g/mol. The molecule has 0 spiro atoms. The van der Waals surface area contributed by atoms with Gasteiger partial charge in [-0.05, 0) is 18.6 Å². The van der Waals surface area contributed by atoms with Gasteiger partial charge in [-0.15, -0.1) is 12.4 Å². The summed E-state index contributed by atoms with van der Waals surface area (Å²) >= 11 is 0. The van der Waals surface area contributed by atoms with Gasteiger partial charge in [0, 0.05) is 0 Å². The molecule has 70 valence electrons. The highest BCUT2D eigenvalue weighted by atomic mass is 35.5. The van der Waals surface area contributed by atoms with Gasteiger partial charge in [0.05, 0.1) is 0 Å². The van der Waals surface area contributed by atoms with Crippen LogP contribution in [0.5, 0.6) is 0 Å². The maximum Gasteiger partial charge on any atom is -0.0136 e. The molecule has 0 aromatic heterocycles. The summed E-state index contributed by atoms with van der Waals surface area (Å²) < 4.78 is 0. The Balaban J connectivity index is -0.0000000150. The van der Waals surface area contributed by atoms with Crippen molar-refractivity contribution in [1.82, 2.24) is 6.15 Å². The van der Waals surface area contributed by atoms with Crippen LogP contribution in [-0.4, -0.2) is 0 Å². The molecule has 9 N–H and O–H groups in total. The zero-order valence-electron chi connectivity index (χ0n) is 6.70. The van der Waals surface area contributed by atoms with Gasteiger partial charge in [-0.1, -0.05) is 19.7 Å². The Kier molecular flexibility index (Phi) is 468. The van der Waals surface area contributed by atoms with Crippen LogP contribution in [-0.2, 0) is 0 Å². The van der Waals surface area contributed by atoms with E-state index in [1.807, 2.05) is 0 Å². The molecule has 0 aliphatic rings. The summed E-state index contributed by atoms with van der Waals surface area (Å²) in [5.41, 5.74) is 13.8. The summed E-state index contributed by atoms with van der Waals surface area (Å²) in [6.07, 6.45) is 3.75.